The maximum atomic E-state index is 4.45. The van der Waals surface area contributed by atoms with E-state index in [1.807, 2.05) is 0 Å². The Morgan fingerprint density at radius 1 is 1.07 bits per heavy atom. The highest BCUT2D eigenvalue weighted by molar-refractivity contribution is 5.04. The maximum Gasteiger partial charge on any atom is -0.0261 e. The lowest BCUT2D eigenvalue weighted by Crippen LogP contribution is -2.48. The summed E-state index contributed by atoms with van der Waals surface area (Å²) in [5, 5.41) is 0. The van der Waals surface area contributed by atoms with Crippen molar-refractivity contribution in [3.63, 3.8) is 0 Å². The molecule has 0 heterocycles. The average Bonchev–Trinajstić information content (AvgIpc) is 2.14. The second kappa shape index (κ2) is 3.00. The number of hydrogen-bond donors (Lipinski definition) is 0. The predicted octanol–water partition coefficient (Wildman–Crippen LogP) is 4.06. The molecule has 4 aliphatic rings. The Kier molecular flexibility index (Phi) is 1.98. The van der Waals surface area contributed by atoms with Crippen LogP contribution < -0.4 is 0 Å². The Balaban J connectivity index is 1.87. The molecule has 4 bridgehead atoms. The molecule has 1 atom stereocenters. The third-order valence-electron chi connectivity index (χ3n) is 5.44. The molecule has 1 radical (unpaired) electrons. The first kappa shape index (κ1) is 9.24. The van der Waals surface area contributed by atoms with Crippen molar-refractivity contribution in [3.8, 4) is 0 Å². The van der Waals surface area contributed by atoms with Crippen molar-refractivity contribution in [2.75, 3.05) is 0 Å². The van der Waals surface area contributed by atoms with Gasteiger partial charge in [-0.1, -0.05) is 13.3 Å². The summed E-state index contributed by atoms with van der Waals surface area (Å²) in [7, 11) is 0. The van der Waals surface area contributed by atoms with E-state index in [1.165, 1.54) is 25.7 Å². The van der Waals surface area contributed by atoms with Crippen LogP contribution in [0.1, 0.15) is 51.9 Å². The largest absolute Gasteiger partial charge is 0.0651 e. The molecule has 0 aromatic carbocycles. The van der Waals surface area contributed by atoms with Crippen LogP contribution in [0, 0.1) is 36.0 Å². The zero-order valence-electron chi connectivity index (χ0n) is 9.47. The third kappa shape index (κ3) is 1.19. The van der Waals surface area contributed by atoms with Gasteiger partial charge in [-0.25, -0.2) is 0 Å². The van der Waals surface area contributed by atoms with Crippen molar-refractivity contribution in [2.45, 2.75) is 51.9 Å². The van der Waals surface area contributed by atoms with Gasteiger partial charge in [0, 0.05) is 0 Å². The van der Waals surface area contributed by atoms with Gasteiger partial charge >= 0.3 is 0 Å². The molecule has 4 rings (SSSR count). The van der Waals surface area contributed by atoms with Crippen LogP contribution in [-0.2, 0) is 0 Å². The molecule has 0 aliphatic heterocycles. The molecule has 0 aromatic heterocycles. The SMILES string of the molecule is [CH2]C(CC)C12CC3CC(CC(C3)C1)C2. The minimum absolute atomic E-state index is 0.698. The fourth-order valence-corrected chi connectivity index (χ4v) is 5.11. The standard InChI is InChI=1S/C14H23/c1-3-10(2)14-7-11-4-12(8-14)6-13(5-11)9-14/h10-13H,2-9H2,1H3. The fourth-order valence-electron chi connectivity index (χ4n) is 5.11. The van der Waals surface area contributed by atoms with Crippen molar-refractivity contribution in [3.05, 3.63) is 6.92 Å². The topological polar surface area (TPSA) is 0 Å². The molecule has 4 aliphatic carbocycles. The summed E-state index contributed by atoms with van der Waals surface area (Å²) >= 11 is 0. The van der Waals surface area contributed by atoms with Gasteiger partial charge < -0.3 is 0 Å². The summed E-state index contributed by atoms with van der Waals surface area (Å²) in [4.78, 5) is 0. The lowest BCUT2D eigenvalue weighted by molar-refractivity contribution is -0.0776. The van der Waals surface area contributed by atoms with Crippen LogP contribution in [0.4, 0.5) is 0 Å². The van der Waals surface area contributed by atoms with Crippen LogP contribution in [0.5, 0.6) is 0 Å². The van der Waals surface area contributed by atoms with Crippen molar-refractivity contribution in [2.24, 2.45) is 29.1 Å². The highest BCUT2D eigenvalue weighted by atomic mass is 14.6. The Morgan fingerprint density at radius 3 is 1.86 bits per heavy atom. The van der Waals surface area contributed by atoms with E-state index in [0.717, 1.165) is 23.7 Å². The van der Waals surface area contributed by atoms with Gasteiger partial charge in [0.05, 0.1) is 0 Å². The highest BCUT2D eigenvalue weighted by Gasteiger charge is 2.52. The lowest BCUT2D eigenvalue weighted by Gasteiger charge is -2.59. The molecular weight excluding hydrogens is 168 g/mol. The second-order valence-electron chi connectivity index (χ2n) is 6.39. The molecule has 79 valence electrons. The summed E-state index contributed by atoms with van der Waals surface area (Å²) in [5.41, 5.74) is 0.698. The predicted molar refractivity (Wildman–Crippen MR) is 59.7 cm³/mol. The monoisotopic (exact) mass is 191 g/mol. The Hall–Kier alpha value is 0. The van der Waals surface area contributed by atoms with E-state index in [1.54, 1.807) is 19.3 Å². The van der Waals surface area contributed by atoms with Gasteiger partial charge in [0.15, 0.2) is 0 Å². The van der Waals surface area contributed by atoms with Gasteiger partial charge in [0.2, 0.25) is 0 Å². The lowest BCUT2D eigenvalue weighted by atomic mass is 9.46. The first-order valence-corrected chi connectivity index (χ1v) is 6.55. The third-order valence-corrected chi connectivity index (χ3v) is 5.44. The molecule has 4 saturated carbocycles. The van der Waals surface area contributed by atoms with Crippen LogP contribution >= 0.6 is 0 Å². The maximum absolute atomic E-state index is 4.45. The van der Waals surface area contributed by atoms with E-state index in [-0.39, 0.29) is 0 Å². The Labute approximate surface area is 88.5 Å². The summed E-state index contributed by atoms with van der Waals surface area (Å²) in [6.45, 7) is 6.78. The zero-order valence-corrected chi connectivity index (χ0v) is 9.47. The molecule has 4 fully saturated rings. The smallest absolute Gasteiger partial charge is 0.0261 e. The average molecular weight is 191 g/mol. The molecule has 0 N–H and O–H groups in total. The minimum Gasteiger partial charge on any atom is -0.0651 e. The second-order valence-corrected chi connectivity index (χ2v) is 6.39. The van der Waals surface area contributed by atoms with Gasteiger partial charge in [-0.15, -0.1) is 0 Å². The molecule has 0 spiro atoms. The first-order valence-electron chi connectivity index (χ1n) is 6.55. The number of hydrogen-bond acceptors (Lipinski definition) is 0. The molecular formula is C14H23. The zero-order chi connectivity index (χ0) is 9.76. The van der Waals surface area contributed by atoms with E-state index >= 15 is 0 Å². The molecule has 0 aromatic rings. The Morgan fingerprint density at radius 2 is 1.50 bits per heavy atom. The fraction of sp³-hybridized carbons (Fsp3) is 0.929. The van der Waals surface area contributed by atoms with Crippen LogP contribution in [-0.4, -0.2) is 0 Å². The van der Waals surface area contributed by atoms with Gasteiger partial charge in [-0.3, -0.25) is 0 Å². The summed E-state index contributed by atoms with van der Waals surface area (Å²) in [6, 6.07) is 0. The molecule has 1 unspecified atom stereocenters. The molecule has 0 amide bonds. The van der Waals surface area contributed by atoms with Gasteiger partial charge in [0.1, 0.15) is 0 Å². The van der Waals surface area contributed by atoms with Gasteiger partial charge in [0.25, 0.3) is 0 Å². The van der Waals surface area contributed by atoms with E-state index in [9.17, 15) is 0 Å². The van der Waals surface area contributed by atoms with Gasteiger partial charge in [-0.05, 0) is 74.5 Å². The van der Waals surface area contributed by atoms with E-state index in [0.29, 0.717) is 5.41 Å². The van der Waals surface area contributed by atoms with Crippen LogP contribution in [0.25, 0.3) is 0 Å². The Bertz CT molecular complexity index is 193. The quantitative estimate of drug-likeness (QED) is 0.617. The van der Waals surface area contributed by atoms with Crippen molar-refractivity contribution >= 4 is 0 Å². The van der Waals surface area contributed by atoms with E-state index in [4.69, 9.17) is 0 Å². The van der Waals surface area contributed by atoms with Crippen LogP contribution in [0.15, 0.2) is 0 Å². The minimum atomic E-state index is 0.698. The molecule has 0 nitrogen and oxygen atoms in total. The van der Waals surface area contributed by atoms with E-state index in [2.05, 4.69) is 13.8 Å². The van der Waals surface area contributed by atoms with Crippen molar-refractivity contribution < 1.29 is 0 Å². The molecule has 0 heteroatoms. The van der Waals surface area contributed by atoms with Crippen LogP contribution in [0.2, 0.25) is 0 Å². The van der Waals surface area contributed by atoms with Gasteiger partial charge in [-0.2, -0.15) is 0 Å². The molecule has 0 saturated heterocycles. The van der Waals surface area contributed by atoms with Crippen molar-refractivity contribution in [1.29, 1.82) is 0 Å². The summed E-state index contributed by atoms with van der Waals surface area (Å²) in [6.07, 6.45) is 10.6. The number of rotatable bonds is 2. The van der Waals surface area contributed by atoms with E-state index < -0.39 is 0 Å². The normalized spacial score (nSPS) is 52.3. The highest BCUT2D eigenvalue weighted by Crippen LogP contribution is 2.62. The molecule has 14 heavy (non-hydrogen) atoms. The van der Waals surface area contributed by atoms with Crippen LogP contribution in [0.3, 0.4) is 0 Å². The summed E-state index contributed by atoms with van der Waals surface area (Å²) < 4.78 is 0. The van der Waals surface area contributed by atoms with Crippen molar-refractivity contribution in [1.82, 2.24) is 0 Å². The summed E-state index contributed by atoms with van der Waals surface area (Å²) in [5.74, 6) is 4.03. The first-order chi connectivity index (χ1) is 6.72.